The normalized spacial score (nSPS) is 15.0. The molecular formula is C20H20ClN5O2. The summed E-state index contributed by atoms with van der Waals surface area (Å²) in [4.78, 5) is 26.8. The maximum absolute atomic E-state index is 11.2. The van der Waals surface area contributed by atoms with E-state index in [0.717, 1.165) is 22.3 Å². The molecule has 0 atom stereocenters. The van der Waals surface area contributed by atoms with E-state index in [2.05, 4.69) is 25.2 Å². The molecular weight excluding hydrogens is 378 g/mol. The minimum absolute atomic E-state index is 0.272. The van der Waals surface area contributed by atoms with Crippen molar-refractivity contribution in [2.75, 3.05) is 23.3 Å². The number of anilines is 2. The average molecular weight is 398 g/mol. The molecule has 3 heterocycles. The first-order chi connectivity index (χ1) is 13.6. The van der Waals surface area contributed by atoms with E-state index in [1.807, 2.05) is 30.3 Å². The number of hydrogen-bond acceptors (Lipinski definition) is 6. The van der Waals surface area contributed by atoms with E-state index in [1.54, 1.807) is 12.4 Å². The Morgan fingerprint density at radius 2 is 1.93 bits per heavy atom. The smallest absolute Gasteiger partial charge is 0.306 e. The average Bonchev–Trinajstić information content (AvgIpc) is 2.73. The Labute approximate surface area is 167 Å². The van der Waals surface area contributed by atoms with Crippen LogP contribution in [0.15, 0.2) is 42.7 Å². The molecule has 1 aliphatic heterocycles. The second-order valence-corrected chi connectivity index (χ2v) is 7.28. The predicted molar refractivity (Wildman–Crippen MR) is 109 cm³/mol. The van der Waals surface area contributed by atoms with Crippen molar-refractivity contribution >= 4 is 40.2 Å². The number of fused-ring (bicyclic) bond motifs is 1. The summed E-state index contributed by atoms with van der Waals surface area (Å²) in [5, 5.41) is 14.0. The summed E-state index contributed by atoms with van der Waals surface area (Å²) in [6.45, 7) is 1.93. The minimum Gasteiger partial charge on any atom is -0.481 e. The first kappa shape index (κ1) is 18.4. The summed E-state index contributed by atoms with van der Waals surface area (Å²) in [5.41, 5.74) is 1.89. The minimum atomic E-state index is -0.717. The highest BCUT2D eigenvalue weighted by Gasteiger charge is 2.26. The zero-order chi connectivity index (χ0) is 19.5. The molecule has 28 heavy (non-hydrogen) atoms. The van der Waals surface area contributed by atoms with Crippen LogP contribution >= 0.6 is 11.6 Å². The van der Waals surface area contributed by atoms with Gasteiger partial charge in [0, 0.05) is 37.1 Å². The highest BCUT2D eigenvalue weighted by Crippen LogP contribution is 2.27. The van der Waals surface area contributed by atoms with E-state index in [-0.39, 0.29) is 5.92 Å². The quantitative estimate of drug-likeness (QED) is 0.679. The Bertz CT molecular complexity index is 988. The molecule has 2 aromatic heterocycles. The molecule has 8 heteroatoms. The number of nitrogens with zero attached hydrogens (tertiary/aromatic N) is 4. The number of carbonyl (C=O) groups is 1. The lowest BCUT2D eigenvalue weighted by Gasteiger charge is -2.31. The molecule has 0 amide bonds. The molecule has 4 rings (SSSR count). The molecule has 0 unspecified atom stereocenters. The van der Waals surface area contributed by atoms with Crippen molar-refractivity contribution in [2.45, 2.75) is 19.4 Å². The summed E-state index contributed by atoms with van der Waals surface area (Å²) >= 11 is 5.91. The van der Waals surface area contributed by atoms with Gasteiger partial charge in [0.05, 0.1) is 16.8 Å². The van der Waals surface area contributed by atoms with Gasteiger partial charge in [-0.15, -0.1) is 0 Å². The van der Waals surface area contributed by atoms with Gasteiger partial charge in [0.15, 0.2) is 0 Å². The van der Waals surface area contributed by atoms with Gasteiger partial charge in [0.1, 0.15) is 5.82 Å². The molecule has 144 valence electrons. The number of pyridine rings is 1. The van der Waals surface area contributed by atoms with E-state index < -0.39 is 5.97 Å². The molecule has 7 nitrogen and oxygen atoms in total. The van der Waals surface area contributed by atoms with E-state index in [4.69, 9.17) is 11.6 Å². The van der Waals surface area contributed by atoms with Crippen LogP contribution in [0.4, 0.5) is 11.8 Å². The van der Waals surface area contributed by atoms with Gasteiger partial charge >= 0.3 is 5.97 Å². The molecule has 0 saturated carbocycles. The van der Waals surface area contributed by atoms with Gasteiger partial charge in [-0.3, -0.25) is 4.79 Å². The number of hydrogen-bond donors (Lipinski definition) is 2. The van der Waals surface area contributed by atoms with Crippen molar-refractivity contribution in [1.29, 1.82) is 0 Å². The largest absolute Gasteiger partial charge is 0.481 e. The fourth-order valence-corrected chi connectivity index (χ4v) is 3.53. The molecule has 1 aromatic carbocycles. The van der Waals surface area contributed by atoms with E-state index in [9.17, 15) is 9.90 Å². The highest BCUT2D eigenvalue weighted by atomic mass is 35.5. The number of aromatic nitrogens is 3. The third kappa shape index (κ3) is 3.99. The molecule has 1 saturated heterocycles. The van der Waals surface area contributed by atoms with E-state index in [0.29, 0.717) is 43.4 Å². The van der Waals surface area contributed by atoms with Crippen LogP contribution in [0, 0.1) is 5.92 Å². The Kier molecular flexibility index (Phi) is 5.25. The molecule has 2 N–H and O–H groups in total. The number of benzene rings is 1. The highest BCUT2D eigenvalue weighted by molar-refractivity contribution is 6.30. The van der Waals surface area contributed by atoms with Crippen molar-refractivity contribution in [2.24, 2.45) is 5.92 Å². The van der Waals surface area contributed by atoms with Gasteiger partial charge in [-0.2, -0.15) is 0 Å². The number of piperidine rings is 1. The van der Waals surface area contributed by atoms with Crippen LogP contribution in [0.5, 0.6) is 0 Å². The van der Waals surface area contributed by atoms with Crippen molar-refractivity contribution in [3.8, 4) is 0 Å². The Hall–Kier alpha value is -2.93. The van der Waals surface area contributed by atoms with Gasteiger partial charge in [-0.25, -0.2) is 15.0 Å². The summed E-state index contributed by atoms with van der Waals surface area (Å²) in [7, 11) is 0. The molecule has 1 aliphatic rings. The van der Waals surface area contributed by atoms with Crippen LogP contribution in [0.1, 0.15) is 18.4 Å². The van der Waals surface area contributed by atoms with Gasteiger partial charge in [-0.1, -0.05) is 23.7 Å². The van der Waals surface area contributed by atoms with Crippen molar-refractivity contribution in [1.82, 2.24) is 15.0 Å². The number of carboxylic acids is 1. The maximum Gasteiger partial charge on any atom is 0.306 e. The van der Waals surface area contributed by atoms with E-state index in [1.165, 1.54) is 0 Å². The second-order valence-electron chi connectivity index (χ2n) is 6.84. The van der Waals surface area contributed by atoms with Crippen molar-refractivity contribution in [3.63, 3.8) is 0 Å². The first-order valence-corrected chi connectivity index (χ1v) is 9.56. The Morgan fingerprint density at radius 3 is 2.64 bits per heavy atom. The summed E-state index contributed by atoms with van der Waals surface area (Å²) in [6, 6.07) is 9.48. The molecule has 3 aromatic rings. The summed E-state index contributed by atoms with van der Waals surface area (Å²) in [5.74, 6) is 0.367. The van der Waals surface area contributed by atoms with Gasteiger partial charge in [0.25, 0.3) is 0 Å². The lowest BCUT2D eigenvalue weighted by molar-refractivity contribution is -0.142. The fourth-order valence-electron chi connectivity index (χ4n) is 3.40. The molecule has 1 fully saturated rings. The number of carboxylic acid groups (broad SMARTS) is 1. The zero-order valence-corrected chi connectivity index (χ0v) is 15.9. The van der Waals surface area contributed by atoms with Crippen molar-refractivity contribution < 1.29 is 9.90 Å². The zero-order valence-electron chi connectivity index (χ0n) is 15.2. The number of aliphatic carboxylic acids is 1. The first-order valence-electron chi connectivity index (χ1n) is 9.18. The van der Waals surface area contributed by atoms with Crippen LogP contribution in [-0.2, 0) is 11.3 Å². The predicted octanol–water partition coefficient (Wildman–Crippen LogP) is 3.59. The summed E-state index contributed by atoms with van der Waals surface area (Å²) in [6.07, 6.45) is 4.75. The molecule has 0 bridgehead atoms. The van der Waals surface area contributed by atoms with Gasteiger partial charge < -0.3 is 15.3 Å². The second kappa shape index (κ2) is 7.98. The lowest BCUT2D eigenvalue weighted by Crippen LogP contribution is -2.36. The fraction of sp³-hybridized carbons (Fsp3) is 0.300. The Morgan fingerprint density at radius 1 is 1.18 bits per heavy atom. The monoisotopic (exact) mass is 397 g/mol. The van der Waals surface area contributed by atoms with Gasteiger partial charge in [-0.05, 0) is 36.6 Å². The third-order valence-corrected chi connectivity index (χ3v) is 5.25. The third-order valence-electron chi connectivity index (χ3n) is 5.00. The lowest BCUT2D eigenvalue weighted by atomic mass is 9.97. The van der Waals surface area contributed by atoms with Crippen LogP contribution in [0.2, 0.25) is 5.02 Å². The topological polar surface area (TPSA) is 91.2 Å². The summed E-state index contributed by atoms with van der Waals surface area (Å²) < 4.78 is 0. The SMILES string of the molecule is O=C(O)C1CCN(c2nccc3nc(NCc4ccc(Cl)cc4)ncc23)CC1. The van der Waals surface area contributed by atoms with Crippen LogP contribution in [0.3, 0.4) is 0 Å². The van der Waals surface area contributed by atoms with Gasteiger partial charge in [0.2, 0.25) is 5.95 Å². The standard InChI is InChI=1S/C20H20ClN5O2/c21-15-3-1-13(2-4-15)11-23-20-24-12-16-17(25-20)5-8-22-18(16)26-9-6-14(7-10-26)19(27)28/h1-5,8,12,14H,6-7,9-11H2,(H,27,28)(H,23,24,25). The Balaban J connectivity index is 1.50. The number of halogens is 1. The molecule has 0 radical (unpaired) electrons. The number of nitrogens with one attached hydrogen (secondary N) is 1. The van der Waals surface area contributed by atoms with Crippen molar-refractivity contribution in [3.05, 3.63) is 53.3 Å². The molecule has 0 spiro atoms. The van der Waals surface area contributed by atoms with Crippen LogP contribution in [0.25, 0.3) is 10.9 Å². The van der Waals surface area contributed by atoms with Crippen LogP contribution in [-0.4, -0.2) is 39.1 Å². The maximum atomic E-state index is 11.2. The van der Waals surface area contributed by atoms with Crippen LogP contribution < -0.4 is 10.2 Å². The van der Waals surface area contributed by atoms with E-state index >= 15 is 0 Å². The molecule has 0 aliphatic carbocycles. The number of rotatable bonds is 5.